The molecule has 0 radical (unpaired) electrons. The Morgan fingerprint density at radius 2 is 2.06 bits per heavy atom. The Hall–Kier alpha value is -1.46. The molecule has 0 spiro atoms. The molecule has 0 aromatic heterocycles. The van der Waals surface area contributed by atoms with Crippen LogP contribution in [0, 0.1) is 5.82 Å². The van der Waals surface area contributed by atoms with Gasteiger partial charge in [-0.1, -0.05) is 0 Å². The molecule has 88 valence electrons. The third-order valence-corrected chi connectivity index (χ3v) is 2.08. The fourth-order valence-corrected chi connectivity index (χ4v) is 1.15. The Bertz CT molecular complexity index is 340. The maximum atomic E-state index is 12.7. The molecule has 1 aromatic carbocycles. The number of carbonyl (C=O) groups excluding carboxylic acids is 1. The van der Waals surface area contributed by atoms with Crippen LogP contribution < -0.4 is 10.6 Å². The molecule has 0 atom stereocenters. The Morgan fingerprint density at radius 1 is 1.44 bits per heavy atom. The smallest absolute Gasteiger partial charge is 0.252 e. The van der Waals surface area contributed by atoms with Crippen LogP contribution in [0.2, 0.25) is 0 Å². The minimum absolute atomic E-state index is 0.0227. The fourth-order valence-electron chi connectivity index (χ4n) is 1.15. The predicted octanol–water partition coefficient (Wildman–Crippen LogP) is 0.764. The molecule has 1 aromatic rings. The summed E-state index contributed by atoms with van der Waals surface area (Å²) in [6.07, 6.45) is 0. The van der Waals surface area contributed by atoms with Crippen LogP contribution in [-0.2, 0) is 9.53 Å². The first-order chi connectivity index (χ1) is 7.65. The van der Waals surface area contributed by atoms with E-state index < -0.39 is 0 Å². The Morgan fingerprint density at radius 3 is 2.62 bits per heavy atom. The van der Waals surface area contributed by atoms with Crippen LogP contribution >= 0.6 is 0 Å². The van der Waals surface area contributed by atoms with Crippen molar-refractivity contribution < 1.29 is 13.9 Å². The molecule has 0 fully saturated rings. The van der Waals surface area contributed by atoms with E-state index in [2.05, 4.69) is 0 Å². The molecule has 16 heavy (non-hydrogen) atoms. The zero-order chi connectivity index (χ0) is 12.0. The van der Waals surface area contributed by atoms with Gasteiger partial charge in [0.25, 0.3) is 5.91 Å². The number of anilines is 1. The van der Waals surface area contributed by atoms with E-state index in [1.165, 1.54) is 29.2 Å². The Labute approximate surface area is 93.8 Å². The highest BCUT2D eigenvalue weighted by Gasteiger charge is 2.10. The molecular weight excluding hydrogens is 211 g/mol. The minimum Gasteiger partial charge on any atom is -0.370 e. The molecule has 0 saturated carbocycles. The third-order valence-electron chi connectivity index (χ3n) is 2.08. The number of rotatable bonds is 5. The summed E-state index contributed by atoms with van der Waals surface area (Å²) in [5.41, 5.74) is 5.85. The number of amides is 1. The Kier molecular flexibility index (Phi) is 4.88. The molecule has 2 N–H and O–H groups in total. The first-order valence-corrected chi connectivity index (χ1v) is 4.95. The van der Waals surface area contributed by atoms with E-state index in [-0.39, 0.29) is 18.3 Å². The zero-order valence-electron chi connectivity index (χ0n) is 9.15. The zero-order valence-corrected chi connectivity index (χ0v) is 9.15. The largest absolute Gasteiger partial charge is 0.370 e. The van der Waals surface area contributed by atoms with Gasteiger partial charge in [-0.3, -0.25) is 4.79 Å². The molecule has 4 nitrogen and oxygen atoms in total. The van der Waals surface area contributed by atoms with Gasteiger partial charge >= 0.3 is 0 Å². The number of hydrogen-bond donors (Lipinski definition) is 1. The molecule has 0 saturated heterocycles. The number of ether oxygens (including phenoxy) is 1. The van der Waals surface area contributed by atoms with Gasteiger partial charge in [0.2, 0.25) is 0 Å². The SMILES string of the molecule is CN(C(=O)COCCN)c1ccc(F)cc1. The van der Waals surface area contributed by atoms with Crippen molar-refractivity contribution in [3.63, 3.8) is 0 Å². The first kappa shape index (κ1) is 12.6. The van der Waals surface area contributed by atoms with Gasteiger partial charge in [0, 0.05) is 19.3 Å². The van der Waals surface area contributed by atoms with Crippen molar-refractivity contribution in [2.24, 2.45) is 5.73 Å². The number of likely N-dealkylation sites (N-methyl/N-ethyl adjacent to an activating group) is 1. The second kappa shape index (κ2) is 6.19. The summed E-state index contributed by atoms with van der Waals surface area (Å²) in [6, 6.07) is 5.69. The highest BCUT2D eigenvalue weighted by molar-refractivity contribution is 5.93. The van der Waals surface area contributed by atoms with Gasteiger partial charge in [-0.05, 0) is 24.3 Å². The van der Waals surface area contributed by atoms with E-state index in [4.69, 9.17) is 10.5 Å². The van der Waals surface area contributed by atoms with E-state index in [1.807, 2.05) is 0 Å². The van der Waals surface area contributed by atoms with E-state index in [0.29, 0.717) is 18.8 Å². The standard InChI is InChI=1S/C11H15FN2O2/c1-14(11(15)8-16-7-6-13)10-4-2-9(12)3-5-10/h2-5H,6-8,13H2,1H3. The van der Waals surface area contributed by atoms with Gasteiger partial charge in [-0.15, -0.1) is 0 Å². The number of halogens is 1. The highest BCUT2D eigenvalue weighted by atomic mass is 19.1. The number of carbonyl (C=O) groups is 1. The molecule has 1 amide bonds. The van der Waals surface area contributed by atoms with Gasteiger partial charge < -0.3 is 15.4 Å². The lowest BCUT2D eigenvalue weighted by molar-refractivity contribution is -0.122. The van der Waals surface area contributed by atoms with Crippen LogP contribution in [-0.4, -0.2) is 32.7 Å². The lowest BCUT2D eigenvalue weighted by Gasteiger charge is -2.17. The summed E-state index contributed by atoms with van der Waals surface area (Å²) >= 11 is 0. The average Bonchev–Trinajstić information content (AvgIpc) is 2.29. The second-order valence-electron chi connectivity index (χ2n) is 3.27. The van der Waals surface area contributed by atoms with E-state index >= 15 is 0 Å². The molecule has 0 aliphatic heterocycles. The van der Waals surface area contributed by atoms with Crippen molar-refractivity contribution >= 4 is 11.6 Å². The summed E-state index contributed by atoms with van der Waals surface area (Å²) in [7, 11) is 1.61. The second-order valence-corrected chi connectivity index (χ2v) is 3.27. The molecule has 0 aliphatic rings. The van der Waals surface area contributed by atoms with Crippen LogP contribution in [0.1, 0.15) is 0 Å². The molecule has 0 heterocycles. The monoisotopic (exact) mass is 226 g/mol. The minimum atomic E-state index is -0.330. The van der Waals surface area contributed by atoms with Gasteiger partial charge in [0.05, 0.1) is 6.61 Å². The third kappa shape index (κ3) is 3.60. The molecule has 1 rings (SSSR count). The topological polar surface area (TPSA) is 55.6 Å². The summed E-state index contributed by atoms with van der Waals surface area (Å²) < 4.78 is 17.7. The van der Waals surface area contributed by atoms with Crippen molar-refractivity contribution in [1.82, 2.24) is 0 Å². The molecule has 5 heteroatoms. The van der Waals surface area contributed by atoms with Crippen molar-refractivity contribution in [3.05, 3.63) is 30.1 Å². The average molecular weight is 226 g/mol. The maximum Gasteiger partial charge on any atom is 0.252 e. The fraction of sp³-hybridized carbons (Fsp3) is 0.364. The van der Waals surface area contributed by atoms with E-state index in [0.717, 1.165) is 0 Å². The first-order valence-electron chi connectivity index (χ1n) is 4.95. The van der Waals surface area contributed by atoms with Crippen molar-refractivity contribution in [1.29, 1.82) is 0 Å². The lowest BCUT2D eigenvalue weighted by Crippen LogP contribution is -2.30. The Balaban J connectivity index is 2.53. The summed E-state index contributed by atoms with van der Waals surface area (Å²) in [4.78, 5) is 13.0. The lowest BCUT2D eigenvalue weighted by atomic mass is 10.3. The predicted molar refractivity (Wildman–Crippen MR) is 59.7 cm³/mol. The molecule has 0 bridgehead atoms. The normalized spacial score (nSPS) is 10.2. The van der Waals surface area contributed by atoms with Crippen LogP contribution in [0.3, 0.4) is 0 Å². The number of nitrogens with two attached hydrogens (primary N) is 1. The summed E-state index contributed by atoms with van der Waals surface area (Å²) in [5, 5.41) is 0. The van der Waals surface area contributed by atoms with Gasteiger partial charge in [0.15, 0.2) is 0 Å². The van der Waals surface area contributed by atoms with Crippen molar-refractivity contribution in [2.75, 3.05) is 31.7 Å². The summed E-state index contributed by atoms with van der Waals surface area (Å²) in [6.45, 7) is 0.710. The number of benzene rings is 1. The number of hydrogen-bond acceptors (Lipinski definition) is 3. The van der Waals surface area contributed by atoms with Gasteiger partial charge in [-0.25, -0.2) is 4.39 Å². The van der Waals surface area contributed by atoms with Gasteiger partial charge in [-0.2, -0.15) is 0 Å². The molecule has 0 aliphatic carbocycles. The highest BCUT2D eigenvalue weighted by Crippen LogP contribution is 2.13. The van der Waals surface area contributed by atoms with Crippen LogP contribution in [0.5, 0.6) is 0 Å². The van der Waals surface area contributed by atoms with Crippen LogP contribution in [0.15, 0.2) is 24.3 Å². The van der Waals surface area contributed by atoms with Crippen molar-refractivity contribution in [3.8, 4) is 0 Å². The molecular formula is C11H15FN2O2. The van der Waals surface area contributed by atoms with Crippen molar-refractivity contribution in [2.45, 2.75) is 0 Å². The quantitative estimate of drug-likeness (QED) is 0.754. The van der Waals surface area contributed by atoms with E-state index in [1.54, 1.807) is 7.05 Å². The van der Waals surface area contributed by atoms with Crippen LogP contribution in [0.25, 0.3) is 0 Å². The summed E-state index contributed by atoms with van der Waals surface area (Å²) in [5.74, 6) is -0.524. The van der Waals surface area contributed by atoms with Gasteiger partial charge in [0.1, 0.15) is 12.4 Å². The maximum absolute atomic E-state index is 12.7. The number of nitrogens with zero attached hydrogens (tertiary/aromatic N) is 1. The molecule has 0 unspecified atom stereocenters. The van der Waals surface area contributed by atoms with Crippen LogP contribution in [0.4, 0.5) is 10.1 Å². The van der Waals surface area contributed by atoms with E-state index in [9.17, 15) is 9.18 Å².